The van der Waals surface area contributed by atoms with Gasteiger partial charge in [0.15, 0.2) is 11.6 Å². The lowest BCUT2D eigenvalue weighted by Crippen LogP contribution is -2.11. The van der Waals surface area contributed by atoms with Gasteiger partial charge in [-0.3, -0.25) is 0 Å². The molecule has 108 valence electrons. The first kappa shape index (κ1) is 13.8. The van der Waals surface area contributed by atoms with Crippen LogP contribution in [0.15, 0.2) is 18.2 Å². The molecule has 0 saturated heterocycles. The summed E-state index contributed by atoms with van der Waals surface area (Å²) in [5.41, 5.74) is 2.88. The van der Waals surface area contributed by atoms with Crippen LogP contribution < -0.4 is 0 Å². The summed E-state index contributed by atoms with van der Waals surface area (Å²) < 4.78 is 28.1. The lowest BCUT2D eigenvalue weighted by atomic mass is 9.79. The second kappa shape index (κ2) is 6.07. The first-order chi connectivity index (χ1) is 9.77. The van der Waals surface area contributed by atoms with Crippen LogP contribution in [0.2, 0.25) is 0 Å². The van der Waals surface area contributed by atoms with Crippen LogP contribution in [0.5, 0.6) is 0 Å². The van der Waals surface area contributed by atoms with Crippen LogP contribution in [0.3, 0.4) is 0 Å². The minimum atomic E-state index is -0.689. The van der Waals surface area contributed by atoms with E-state index < -0.39 is 11.6 Å². The van der Waals surface area contributed by atoms with E-state index in [9.17, 15) is 8.78 Å². The SMILES string of the molecule is Fc1ccc(C2=CCCCC2)c(C2CCCCC2)c1F. The van der Waals surface area contributed by atoms with Crippen molar-refractivity contribution in [1.82, 2.24) is 0 Å². The minimum Gasteiger partial charge on any atom is -0.204 e. The Morgan fingerprint density at radius 1 is 0.900 bits per heavy atom. The van der Waals surface area contributed by atoms with Crippen molar-refractivity contribution in [3.63, 3.8) is 0 Å². The van der Waals surface area contributed by atoms with Gasteiger partial charge < -0.3 is 0 Å². The van der Waals surface area contributed by atoms with Crippen LogP contribution in [-0.2, 0) is 0 Å². The Labute approximate surface area is 119 Å². The van der Waals surface area contributed by atoms with Crippen LogP contribution in [-0.4, -0.2) is 0 Å². The average molecular weight is 276 g/mol. The van der Waals surface area contributed by atoms with Gasteiger partial charge in [-0.15, -0.1) is 0 Å². The summed E-state index contributed by atoms with van der Waals surface area (Å²) in [6, 6.07) is 3.10. The molecule has 20 heavy (non-hydrogen) atoms. The predicted molar refractivity (Wildman–Crippen MR) is 78.6 cm³/mol. The first-order valence-corrected chi connectivity index (χ1v) is 7.94. The van der Waals surface area contributed by atoms with Crippen molar-refractivity contribution < 1.29 is 8.78 Å². The van der Waals surface area contributed by atoms with E-state index in [2.05, 4.69) is 6.08 Å². The molecular weight excluding hydrogens is 254 g/mol. The van der Waals surface area contributed by atoms with Gasteiger partial charge in [0.2, 0.25) is 0 Å². The zero-order chi connectivity index (χ0) is 13.9. The van der Waals surface area contributed by atoms with E-state index in [4.69, 9.17) is 0 Å². The quantitative estimate of drug-likeness (QED) is 0.624. The molecule has 2 heteroatoms. The molecule has 1 aromatic carbocycles. The minimum absolute atomic E-state index is 0.206. The van der Waals surface area contributed by atoms with Crippen LogP contribution in [0.4, 0.5) is 8.78 Å². The Balaban J connectivity index is 2.04. The van der Waals surface area contributed by atoms with Gasteiger partial charge in [-0.25, -0.2) is 8.78 Å². The molecule has 0 atom stereocenters. The Bertz CT molecular complexity index is 510. The molecule has 3 rings (SSSR count). The van der Waals surface area contributed by atoms with Gasteiger partial charge in [-0.1, -0.05) is 31.4 Å². The molecule has 0 heterocycles. The van der Waals surface area contributed by atoms with Gasteiger partial charge in [0.25, 0.3) is 0 Å². The van der Waals surface area contributed by atoms with Gasteiger partial charge in [0, 0.05) is 5.56 Å². The predicted octanol–water partition coefficient (Wildman–Crippen LogP) is 5.97. The van der Waals surface area contributed by atoms with Crippen LogP contribution in [0.25, 0.3) is 5.57 Å². The fourth-order valence-electron chi connectivity index (χ4n) is 3.72. The summed E-state index contributed by atoms with van der Waals surface area (Å²) in [7, 11) is 0. The first-order valence-electron chi connectivity index (χ1n) is 7.94. The smallest absolute Gasteiger partial charge is 0.162 e. The number of halogens is 2. The maximum atomic E-state index is 14.4. The lowest BCUT2D eigenvalue weighted by molar-refractivity contribution is 0.416. The van der Waals surface area contributed by atoms with Gasteiger partial charge in [0.05, 0.1) is 0 Å². The largest absolute Gasteiger partial charge is 0.204 e. The van der Waals surface area contributed by atoms with E-state index in [0.717, 1.165) is 50.5 Å². The van der Waals surface area contributed by atoms with Crippen molar-refractivity contribution in [2.45, 2.75) is 63.7 Å². The molecule has 0 nitrogen and oxygen atoms in total. The van der Waals surface area contributed by atoms with E-state index in [-0.39, 0.29) is 5.92 Å². The van der Waals surface area contributed by atoms with Crippen molar-refractivity contribution in [2.75, 3.05) is 0 Å². The Kier molecular flexibility index (Phi) is 4.18. The molecule has 1 saturated carbocycles. The number of hydrogen-bond acceptors (Lipinski definition) is 0. The monoisotopic (exact) mass is 276 g/mol. The molecule has 2 aliphatic carbocycles. The molecule has 0 N–H and O–H groups in total. The number of hydrogen-bond donors (Lipinski definition) is 0. The third-order valence-electron chi connectivity index (χ3n) is 4.78. The second-order valence-electron chi connectivity index (χ2n) is 6.13. The third-order valence-corrected chi connectivity index (χ3v) is 4.78. The van der Waals surface area contributed by atoms with Gasteiger partial charge in [-0.05, 0) is 61.6 Å². The lowest BCUT2D eigenvalue weighted by Gasteiger charge is -2.26. The van der Waals surface area contributed by atoms with E-state index in [1.165, 1.54) is 24.5 Å². The van der Waals surface area contributed by atoms with E-state index >= 15 is 0 Å². The van der Waals surface area contributed by atoms with Crippen molar-refractivity contribution in [2.24, 2.45) is 0 Å². The molecule has 2 aliphatic rings. The van der Waals surface area contributed by atoms with Crippen LogP contribution in [0.1, 0.15) is 74.8 Å². The summed E-state index contributed by atoms with van der Waals surface area (Å²) in [5, 5.41) is 0. The Hall–Kier alpha value is -1.18. The number of allylic oxidation sites excluding steroid dienone is 2. The maximum absolute atomic E-state index is 14.4. The van der Waals surface area contributed by atoms with E-state index in [1.54, 1.807) is 6.07 Å². The molecule has 0 aliphatic heterocycles. The molecular formula is C18H22F2. The highest BCUT2D eigenvalue weighted by Crippen LogP contribution is 2.40. The summed E-state index contributed by atoms with van der Waals surface area (Å²) >= 11 is 0. The zero-order valence-electron chi connectivity index (χ0n) is 11.9. The molecule has 1 fully saturated rings. The molecule has 0 radical (unpaired) electrons. The van der Waals surface area contributed by atoms with Crippen molar-refractivity contribution in [1.29, 1.82) is 0 Å². The van der Waals surface area contributed by atoms with E-state index in [0.29, 0.717) is 5.56 Å². The molecule has 0 amide bonds. The highest BCUT2D eigenvalue weighted by atomic mass is 19.2. The summed E-state index contributed by atoms with van der Waals surface area (Å²) in [4.78, 5) is 0. The van der Waals surface area contributed by atoms with Crippen molar-refractivity contribution >= 4 is 5.57 Å². The highest BCUT2D eigenvalue weighted by molar-refractivity contribution is 5.69. The molecule has 0 unspecified atom stereocenters. The highest BCUT2D eigenvalue weighted by Gasteiger charge is 2.25. The fraction of sp³-hybridized carbons (Fsp3) is 0.556. The summed E-state index contributed by atoms with van der Waals surface area (Å²) in [5.74, 6) is -1.08. The fourth-order valence-corrected chi connectivity index (χ4v) is 3.72. The molecule has 0 bridgehead atoms. The van der Waals surface area contributed by atoms with Crippen molar-refractivity contribution in [3.8, 4) is 0 Å². The van der Waals surface area contributed by atoms with Crippen LogP contribution in [0, 0.1) is 11.6 Å². The van der Waals surface area contributed by atoms with Crippen LogP contribution >= 0.6 is 0 Å². The van der Waals surface area contributed by atoms with Gasteiger partial charge in [0.1, 0.15) is 0 Å². The average Bonchev–Trinajstić information content (AvgIpc) is 2.51. The van der Waals surface area contributed by atoms with Gasteiger partial charge in [-0.2, -0.15) is 0 Å². The molecule has 0 aromatic heterocycles. The molecule has 1 aromatic rings. The number of rotatable bonds is 2. The van der Waals surface area contributed by atoms with Gasteiger partial charge >= 0.3 is 0 Å². The Morgan fingerprint density at radius 3 is 2.40 bits per heavy atom. The maximum Gasteiger partial charge on any atom is 0.162 e. The summed E-state index contributed by atoms with van der Waals surface area (Å²) in [6.45, 7) is 0. The molecule has 0 spiro atoms. The van der Waals surface area contributed by atoms with E-state index in [1.807, 2.05) is 0 Å². The van der Waals surface area contributed by atoms with Crippen molar-refractivity contribution in [3.05, 3.63) is 41.0 Å². The topological polar surface area (TPSA) is 0 Å². The number of benzene rings is 1. The Morgan fingerprint density at radius 2 is 1.70 bits per heavy atom. The second-order valence-corrected chi connectivity index (χ2v) is 6.13. The summed E-state index contributed by atoms with van der Waals surface area (Å²) in [6.07, 6.45) is 12.2. The third kappa shape index (κ3) is 2.65. The zero-order valence-corrected chi connectivity index (χ0v) is 11.9. The normalized spacial score (nSPS) is 20.8. The standard InChI is InChI=1S/C18H22F2/c19-16-12-11-15(13-7-3-1-4-8-13)17(18(16)20)14-9-5-2-6-10-14/h7,11-12,14H,1-6,8-10H2.